The van der Waals surface area contributed by atoms with Gasteiger partial charge in [-0.05, 0) is 47.0 Å². The number of anilines is 1. The zero-order valence-corrected chi connectivity index (χ0v) is 10.9. The first kappa shape index (κ1) is 11.7. The zero-order valence-electron chi connectivity index (χ0n) is 9.29. The molecule has 4 heteroatoms. The Morgan fingerprint density at radius 1 is 1.50 bits per heavy atom. The molecule has 1 aromatic carbocycles. The second-order valence-electron chi connectivity index (χ2n) is 4.36. The third kappa shape index (κ3) is 2.50. The lowest BCUT2D eigenvalue weighted by molar-refractivity contribution is 0.220. The van der Waals surface area contributed by atoms with E-state index in [0.717, 1.165) is 35.3 Å². The Labute approximate surface area is 104 Å². The van der Waals surface area contributed by atoms with Crippen LogP contribution in [0.3, 0.4) is 0 Å². The molecule has 88 valence electrons. The normalized spacial score (nSPS) is 16.9. The largest absolute Gasteiger partial charge is 0.496 e. The second-order valence-corrected chi connectivity index (χ2v) is 5.22. The van der Waals surface area contributed by atoms with Crippen LogP contribution in [-0.2, 0) is 0 Å². The highest BCUT2D eigenvalue weighted by Crippen LogP contribution is 2.45. The summed E-state index contributed by atoms with van der Waals surface area (Å²) in [5.41, 5.74) is 1.18. The molecule has 1 aromatic rings. The third-order valence-corrected chi connectivity index (χ3v) is 3.73. The summed E-state index contributed by atoms with van der Waals surface area (Å²) >= 11 is 3.45. The number of rotatable bonds is 5. The predicted octanol–water partition coefficient (Wildman–Crippen LogP) is 2.64. The lowest BCUT2D eigenvalue weighted by Crippen LogP contribution is -2.18. The molecular formula is C12H16BrNO2. The minimum atomic E-state index is 0.131. The van der Waals surface area contributed by atoms with Crippen molar-refractivity contribution in [3.05, 3.63) is 22.7 Å². The van der Waals surface area contributed by atoms with Crippen molar-refractivity contribution in [2.75, 3.05) is 25.6 Å². The van der Waals surface area contributed by atoms with E-state index >= 15 is 0 Å². The molecule has 3 nitrogen and oxygen atoms in total. The van der Waals surface area contributed by atoms with E-state index in [1.54, 1.807) is 7.11 Å². The van der Waals surface area contributed by atoms with E-state index in [9.17, 15) is 5.11 Å². The second kappa shape index (κ2) is 4.63. The number of methoxy groups -OCH3 is 1. The molecule has 2 N–H and O–H groups in total. The molecule has 0 amide bonds. The van der Waals surface area contributed by atoms with Crippen molar-refractivity contribution < 1.29 is 9.84 Å². The maximum absolute atomic E-state index is 9.20. The lowest BCUT2D eigenvalue weighted by Gasteiger charge is -2.14. The molecule has 0 heterocycles. The van der Waals surface area contributed by atoms with Gasteiger partial charge in [-0.1, -0.05) is 0 Å². The van der Waals surface area contributed by atoms with E-state index < -0.39 is 0 Å². The van der Waals surface area contributed by atoms with Crippen LogP contribution in [0.2, 0.25) is 0 Å². The molecule has 0 aliphatic heterocycles. The van der Waals surface area contributed by atoms with Gasteiger partial charge in [-0.2, -0.15) is 0 Å². The van der Waals surface area contributed by atoms with Crippen LogP contribution in [0.15, 0.2) is 22.7 Å². The van der Waals surface area contributed by atoms with E-state index in [-0.39, 0.29) is 12.0 Å². The van der Waals surface area contributed by atoms with Gasteiger partial charge in [-0.15, -0.1) is 0 Å². The number of hydrogen-bond donors (Lipinski definition) is 2. The number of ether oxygens (including phenoxy) is 1. The van der Waals surface area contributed by atoms with E-state index in [1.165, 1.54) is 0 Å². The molecule has 2 rings (SSSR count). The molecule has 0 bridgehead atoms. The standard InChI is InChI=1S/C12H16BrNO2/c1-16-11-3-2-9(6-10(11)13)14-7-12(8-15)4-5-12/h2-3,6,14-15H,4-5,7-8H2,1H3. The van der Waals surface area contributed by atoms with Crippen molar-refractivity contribution in [3.63, 3.8) is 0 Å². The Kier molecular flexibility index (Phi) is 3.40. The molecule has 1 fully saturated rings. The van der Waals surface area contributed by atoms with Crippen LogP contribution in [0.5, 0.6) is 5.75 Å². The number of benzene rings is 1. The summed E-state index contributed by atoms with van der Waals surface area (Å²) in [6.45, 7) is 1.11. The number of halogens is 1. The zero-order chi connectivity index (χ0) is 11.6. The molecular weight excluding hydrogens is 270 g/mol. The molecule has 1 saturated carbocycles. The average molecular weight is 286 g/mol. The monoisotopic (exact) mass is 285 g/mol. The fraction of sp³-hybridized carbons (Fsp3) is 0.500. The molecule has 1 aliphatic carbocycles. The van der Waals surface area contributed by atoms with Crippen molar-refractivity contribution in [1.29, 1.82) is 0 Å². The number of hydrogen-bond acceptors (Lipinski definition) is 3. The van der Waals surface area contributed by atoms with Crippen LogP contribution in [0.25, 0.3) is 0 Å². The minimum absolute atomic E-state index is 0.131. The first-order chi connectivity index (χ1) is 7.69. The molecule has 0 aromatic heterocycles. The molecule has 0 unspecified atom stereocenters. The van der Waals surface area contributed by atoms with E-state index in [0.29, 0.717) is 0 Å². The van der Waals surface area contributed by atoms with Gasteiger partial charge in [0, 0.05) is 17.6 Å². The molecule has 0 saturated heterocycles. The Bertz CT molecular complexity index is 377. The number of nitrogens with one attached hydrogen (secondary N) is 1. The molecule has 0 atom stereocenters. The van der Waals surface area contributed by atoms with Gasteiger partial charge in [-0.3, -0.25) is 0 Å². The summed E-state index contributed by atoms with van der Waals surface area (Å²) in [4.78, 5) is 0. The van der Waals surface area contributed by atoms with Crippen LogP contribution < -0.4 is 10.1 Å². The first-order valence-corrected chi connectivity index (χ1v) is 6.17. The maximum atomic E-state index is 9.20. The summed E-state index contributed by atoms with van der Waals surface area (Å²) < 4.78 is 6.10. The highest BCUT2D eigenvalue weighted by Gasteiger charge is 2.41. The van der Waals surface area contributed by atoms with Crippen LogP contribution in [0.4, 0.5) is 5.69 Å². The van der Waals surface area contributed by atoms with Crippen molar-refractivity contribution in [2.45, 2.75) is 12.8 Å². The Hall–Kier alpha value is -0.740. The average Bonchev–Trinajstić information content (AvgIpc) is 3.07. The summed E-state index contributed by atoms with van der Waals surface area (Å²) in [5, 5.41) is 12.5. The van der Waals surface area contributed by atoms with Crippen molar-refractivity contribution in [3.8, 4) is 5.75 Å². The molecule has 0 radical (unpaired) electrons. The number of aliphatic hydroxyl groups excluding tert-OH is 1. The Morgan fingerprint density at radius 2 is 2.25 bits per heavy atom. The van der Waals surface area contributed by atoms with Crippen LogP contribution in [0, 0.1) is 5.41 Å². The van der Waals surface area contributed by atoms with Crippen LogP contribution >= 0.6 is 15.9 Å². The topological polar surface area (TPSA) is 41.5 Å². The van der Waals surface area contributed by atoms with Gasteiger partial charge in [0.25, 0.3) is 0 Å². The fourth-order valence-corrected chi connectivity index (χ4v) is 2.17. The molecule has 16 heavy (non-hydrogen) atoms. The summed E-state index contributed by atoms with van der Waals surface area (Å²) in [5.74, 6) is 0.828. The lowest BCUT2D eigenvalue weighted by atomic mass is 10.1. The van der Waals surface area contributed by atoms with E-state index in [4.69, 9.17) is 4.74 Å². The Morgan fingerprint density at radius 3 is 2.75 bits per heavy atom. The highest BCUT2D eigenvalue weighted by molar-refractivity contribution is 9.10. The quantitative estimate of drug-likeness (QED) is 0.874. The summed E-state index contributed by atoms with van der Waals surface area (Å²) in [6.07, 6.45) is 2.24. The minimum Gasteiger partial charge on any atom is -0.496 e. The SMILES string of the molecule is COc1ccc(NCC2(CO)CC2)cc1Br. The van der Waals surface area contributed by atoms with E-state index in [2.05, 4.69) is 21.2 Å². The van der Waals surface area contributed by atoms with Crippen molar-refractivity contribution in [2.24, 2.45) is 5.41 Å². The van der Waals surface area contributed by atoms with Gasteiger partial charge in [0.15, 0.2) is 0 Å². The van der Waals surface area contributed by atoms with Gasteiger partial charge in [0.1, 0.15) is 5.75 Å². The summed E-state index contributed by atoms with van der Waals surface area (Å²) in [7, 11) is 1.65. The van der Waals surface area contributed by atoms with Crippen molar-refractivity contribution in [1.82, 2.24) is 0 Å². The smallest absolute Gasteiger partial charge is 0.133 e. The van der Waals surface area contributed by atoms with Gasteiger partial charge >= 0.3 is 0 Å². The molecule has 0 spiro atoms. The third-order valence-electron chi connectivity index (χ3n) is 3.11. The maximum Gasteiger partial charge on any atom is 0.133 e. The van der Waals surface area contributed by atoms with Gasteiger partial charge in [-0.25, -0.2) is 0 Å². The fourth-order valence-electron chi connectivity index (χ4n) is 1.63. The van der Waals surface area contributed by atoms with E-state index in [1.807, 2.05) is 18.2 Å². The van der Waals surface area contributed by atoms with Crippen molar-refractivity contribution >= 4 is 21.6 Å². The number of aliphatic hydroxyl groups is 1. The highest BCUT2D eigenvalue weighted by atomic mass is 79.9. The van der Waals surface area contributed by atoms with Crippen LogP contribution in [0.1, 0.15) is 12.8 Å². The molecule has 1 aliphatic rings. The predicted molar refractivity (Wildman–Crippen MR) is 67.9 cm³/mol. The van der Waals surface area contributed by atoms with Crippen LogP contribution in [-0.4, -0.2) is 25.4 Å². The first-order valence-electron chi connectivity index (χ1n) is 5.37. The van der Waals surface area contributed by atoms with Gasteiger partial charge in [0.05, 0.1) is 18.2 Å². The Balaban J connectivity index is 1.97. The summed E-state index contributed by atoms with van der Waals surface area (Å²) in [6, 6.07) is 5.90. The van der Waals surface area contributed by atoms with Gasteiger partial charge in [0.2, 0.25) is 0 Å². The van der Waals surface area contributed by atoms with Gasteiger partial charge < -0.3 is 15.2 Å².